The first-order chi connectivity index (χ1) is 4.18. The zero-order chi connectivity index (χ0) is 7.28. The summed E-state index contributed by atoms with van der Waals surface area (Å²) < 4.78 is 0. The fraction of sp³-hybridized carbons (Fsp3) is 1.00. The molecule has 9 heavy (non-hydrogen) atoms. The van der Waals surface area contributed by atoms with Crippen molar-refractivity contribution < 1.29 is 15.4 Å². The van der Waals surface area contributed by atoms with E-state index in [0.29, 0.717) is 13.0 Å². The Bertz CT molecular complexity index is 67.2. The molecule has 0 saturated carbocycles. The molecule has 0 fully saturated rings. The van der Waals surface area contributed by atoms with Crippen molar-refractivity contribution in [2.75, 3.05) is 6.54 Å². The second-order valence-corrected chi connectivity index (χ2v) is 2.00. The molecular formula is C5H13NO3. The third kappa shape index (κ3) is 4.35. The van der Waals surface area contributed by atoms with Crippen LogP contribution in [0, 0.1) is 0 Å². The average Bonchev–Trinajstić information content (AvgIpc) is 1.82. The summed E-state index contributed by atoms with van der Waals surface area (Å²) in [6.07, 6.45) is -1.11. The minimum absolute atomic E-state index is 0.298. The number of aliphatic hydroxyl groups excluding tert-OH is 2. The van der Waals surface area contributed by atoms with Gasteiger partial charge in [-0.25, -0.2) is 5.48 Å². The van der Waals surface area contributed by atoms with Gasteiger partial charge in [-0.3, -0.25) is 0 Å². The second-order valence-electron chi connectivity index (χ2n) is 2.00. The normalized spacial score (nSPS) is 17.3. The lowest BCUT2D eigenvalue weighted by Gasteiger charge is -2.11. The average molecular weight is 135 g/mol. The summed E-state index contributed by atoms with van der Waals surface area (Å²) >= 11 is 0. The van der Waals surface area contributed by atoms with Crippen LogP contribution in [-0.2, 0) is 0 Å². The predicted octanol–water partition coefficient (Wildman–Crippen LogP) is -0.903. The summed E-state index contributed by atoms with van der Waals surface area (Å²) in [5.74, 6) is 0. The highest BCUT2D eigenvalue weighted by Crippen LogP contribution is 1.95. The Morgan fingerprint density at radius 3 is 2.33 bits per heavy atom. The van der Waals surface area contributed by atoms with Gasteiger partial charge in [0.2, 0.25) is 0 Å². The van der Waals surface area contributed by atoms with Crippen molar-refractivity contribution in [2.24, 2.45) is 0 Å². The lowest BCUT2D eigenvalue weighted by Crippen LogP contribution is -2.26. The molecule has 0 bridgehead atoms. The van der Waals surface area contributed by atoms with E-state index in [-0.39, 0.29) is 0 Å². The van der Waals surface area contributed by atoms with Crippen molar-refractivity contribution in [2.45, 2.75) is 25.6 Å². The van der Waals surface area contributed by atoms with Crippen molar-refractivity contribution in [1.29, 1.82) is 0 Å². The van der Waals surface area contributed by atoms with E-state index in [4.69, 9.17) is 15.4 Å². The van der Waals surface area contributed by atoms with Crippen LogP contribution in [0.2, 0.25) is 0 Å². The van der Waals surface area contributed by atoms with Crippen LogP contribution in [0.4, 0.5) is 0 Å². The van der Waals surface area contributed by atoms with E-state index in [9.17, 15) is 0 Å². The van der Waals surface area contributed by atoms with Gasteiger partial charge in [0.1, 0.15) is 0 Å². The summed E-state index contributed by atoms with van der Waals surface area (Å²) in [4.78, 5) is 0. The fourth-order valence-corrected chi connectivity index (χ4v) is 0.454. The Morgan fingerprint density at radius 1 is 1.44 bits per heavy atom. The zero-order valence-corrected chi connectivity index (χ0v) is 5.41. The SMILES string of the molecule is CC(O)C(O)CCNO. The van der Waals surface area contributed by atoms with Crippen LogP contribution in [0.3, 0.4) is 0 Å². The van der Waals surface area contributed by atoms with E-state index in [2.05, 4.69) is 0 Å². The molecule has 0 aromatic rings. The van der Waals surface area contributed by atoms with Gasteiger partial charge in [0.15, 0.2) is 0 Å². The van der Waals surface area contributed by atoms with Gasteiger partial charge in [-0.1, -0.05) is 0 Å². The number of hydroxylamine groups is 1. The largest absolute Gasteiger partial charge is 0.391 e. The molecule has 4 heteroatoms. The number of aliphatic hydroxyl groups is 2. The summed E-state index contributed by atoms with van der Waals surface area (Å²) in [7, 11) is 0. The number of nitrogens with one attached hydrogen (secondary N) is 1. The van der Waals surface area contributed by atoms with Crippen molar-refractivity contribution in [1.82, 2.24) is 5.48 Å². The monoisotopic (exact) mass is 135 g/mol. The van der Waals surface area contributed by atoms with E-state index in [1.54, 1.807) is 0 Å². The van der Waals surface area contributed by atoms with Crippen LogP contribution in [0.25, 0.3) is 0 Å². The second kappa shape index (κ2) is 4.69. The molecule has 0 spiro atoms. The summed E-state index contributed by atoms with van der Waals surface area (Å²) in [6.45, 7) is 1.80. The lowest BCUT2D eigenvalue weighted by atomic mass is 10.2. The molecule has 4 N–H and O–H groups in total. The first-order valence-corrected chi connectivity index (χ1v) is 2.91. The third-order valence-electron chi connectivity index (χ3n) is 1.11. The highest BCUT2D eigenvalue weighted by Gasteiger charge is 2.08. The van der Waals surface area contributed by atoms with Crippen LogP contribution in [0.5, 0.6) is 0 Å². The van der Waals surface area contributed by atoms with Gasteiger partial charge in [-0.05, 0) is 13.3 Å². The van der Waals surface area contributed by atoms with Gasteiger partial charge in [-0.15, -0.1) is 0 Å². The summed E-state index contributed by atoms with van der Waals surface area (Å²) in [5, 5.41) is 25.6. The third-order valence-corrected chi connectivity index (χ3v) is 1.11. The van der Waals surface area contributed by atoms with Gasteiger partial charge in [0.25, 0.3) is 0 Å². The molecule has 0 aromatic carbocycles. The lowest BCUT2D eigenvalue weighted by molar-refractivity contribution is 0.0193. The Hall–Kier alpha value is -0.160. The topological polar surface area (TPSA) is 72.7 Å². The summed E-state index contributed by atoms with van der Waals surface area (Å²) in [6, 6.07) is 0. The van der Waals surface area contributed by atoms with Crippen molar-refractivity contribution >= 4 is 0 Å². The van der Waals surface area contributed by atoms with E-state index in [0.717, 1.165) is 0 Å². The Labute approximate surface area is 54.1 Å². The highest BCUT2D eigenvalue weighted by atomic mass is 16.5. The Morgan fingerprint density at radius 2 is 2.00 bits per heavy atom. The first-order valence-electron chi connectivity index (χ1n) is 2.91. The van der Waals surface area contributed by atoms with Gasteiger partial charge in [0.05, 0.1) is 12.2 Å². The molecule has 0 aliphatic carbocycles. The fourth-order valence-electron chi connectivity index (χ4n) is 0.454. The molecular weight excluding hydrogens is 122 g/mol. The van der Waals surface area contributed by atoms with Crippen LogP contribution >= 0.6 is 0 Å². The van der Waals surface area contributed by atoms with Crippen molar-refractivity contribution in [3.63, 3.8) is 0 Å². The van der Waals surface area contributed by atoms with Crippen LogP contribution in [0.1, 0.15) is 13.3 Å². The first kappa shape index (κ1) is 8.84. The van der Waals surface area contributed by atoms with E-state index in [1.165, 1.54) is 6.92 Å². The van der Waals surface area contributed by atoms with Crippen molar-refractivity contribution in [3.05, 3.63) is 0 Å². The quantitative estimate of drug-likeness (QED) is 0.377. The highest BCUT2D eigenvalue weighted by molar-refractivity contribution is 4.61. The van der Waals surface area contributed by atoms with Gasteiger partial charge in [0, 0.05) is 6.54 Å². The molecule has 2 unspecified atom stereocenters. The maximum atomic E-state index is 8.86. The van der Waals surface area contributed by atoms with Crippen LogP contribution in [0.15, 0.2) is 0 Å². The zero-order valence-electron chi connectivity index (χ0n) is 5.41. The molecule has 56 valence electrons. The standard InChI is InChI=1S/C5H13NO3/c1-4(7)5(8)2-3-6-9/h4-9H,2-3H2,1H3. The van der Waals surface area contributed by atoms with E-state index < -0.39 is 12.2 Å². The maximum absolute atomic E-state index is 8.86. The van der Waals surface area contributed by atoms with Gasteiger partial charge in [-0.2, -0.15) is 0 Å². The molecule has 0 aliphatic rings. The smallest absolute Gasteiger partial charge is 0.0809 e. The molecule has 0 rings (SSSR count). The maximum Gasteiger partial charge on any atom is 0.0809 e. The minimum atomic E-state index is -0.746. The Balaban J connectivity index is 3.16. The van der Waals surface area contributed by atoms with Crippen LogP contribution < -0.4 is 5.48 Å². The van der Waals surface area contributed by atoms with Gasteiger partial charge >= 0.3 is 0 Å². The molecule has 0 radical (unpaired) electrons. The summed E-state index contributed by atoms with van der Waals surface area (Å²) in [5.41, 5.74) is 1.88. The number of rotatable bonds is 4. The molecule has 0 aromatic heterocycles. The number of hydrogen-bond acceptors (Lipinski definition) is 4. The minimum Gasteiger partial charge on any atom is -0.391 e. The molecule has 0 aliphatic heterocycles. The molecule has 0 saturated heterocycles. The van der Waals surface area contributed by atoms with Crippen molar-refractivity contribution in [3.8, 4) is 0 Å². The van der Waals surface area contributed by atoms with Crippen LogP contribution in [-0.4, -0.2) is 34.2 Å². The molecule has 4 nitrogen and oxygen atoms in total. The Kier molecular flexibility index (Phi) is 4.61. The molecule has 0 heterocycles. The number of hydrogen-bond donors (Lipinski definition) is 4. The van der Waals surface area contributed by atoms with E-state index in [1.807, 2.05) is 5.48 Å². The van der Waals surface area contributed by atoms with E-state index >= 15 is 0 Å². The molecule has 2 atom stereocenters. The predicted molar refractivity (Wildman–Crippen MR) is 32.1 cm³/mol. The van der Waals surface area contributed by atoms with Gasteiger partial charge < -0.3 is 15.4 Å². The molecule has 0 amide bonds.